The second-order valence-electron chi connectivity index (χ2n) is 6.67. The molecule has 1 aliphatic rings. The lowest BCUT2D eigenvalue weighted by molar-refractivity contribution is -0.137. The van der Waals surface area contributed by atoms with E-state index < -0.39 is 33.5 Å². The maximum Gasteiger partial charge on any atom is 0.416 e. The first kappa shape index (κ1) is 21.1. The first-order chi connectivity index (χ1) is 12.1. The van der Waals surface area contributed by atoms with E-state index in [-0.39, 0.29) is 12.2 Å². The monoisotopic (exact) mass is 395 g/mol. The highest BCUT2D eigenvalue weighted by molar-refractivity contribution is 7.85. The summed E-state index contributed by atoms with van der Waals surface area (Å²) in [5, 5.41) is 3.34. The zero-order valence-corrected chi connectivity index (χ0v) is 15.4. The largest absolute Gasteiger partial charge is 0.416 e. The molecule has 1 saturated carbocycles. The molecule has 1 unspecified atom stereocenters. The molecule has 0 radical (unpaired) electrons. The zero-order chi connectivity index (χ0) is 19.4. The Labute approximate surface area is 151 Å². The van der Waals surface area contributed by atoms with Crippen molar-refractivity contribution in [2.75, 3.05) is 19.4 Å². The highest BCUT2D eigenvalue weighted by Crippen LogP contribution is 2.42. The van der Waals surface area contributed by atoms with Crippen LogP contribution in [0.3, 0.4) is 0 Å². The Balaban J connectivity index is 2.15. The highest BCUT2D eigenvalue weighted by atomic mass is 32.2. The Hall–Kier alpha value is -1.16. The number of benzene rings is 1. The molecule has 2 N–H and O–H groups in total. The molecule has 0 aromatic heterocycles. The fourth-order valence-electron chi connectivity index (χ4n) is 3.66. The van der Waals surface area contributed by atoms with Crippen molar-refractivity contribution < 1.29 is 30.9 Å². The van der Waals surface area contributed by atoms with Gasteiger partial charge in [0, 0.05) is 12.6 Å². The van der Waals surface area contributed by atoms with Gasteiger partial charge < -0.3 is 10.1 Å². The van der Waals surface area contributed by atoms with Crippen LogP contribution in [0.2, 0.25) is 0 Å². The molecule has 1 fully saturated rings. The van der Waals surface area contributed by atoms with Crippen LogP contribution in [0.5, 0.6) is 0 Å². The first-order valence-electron chi connectivity index (χ1n) is 8.47. The number of alkyl halides is 3. The van der Waals surface area contributed by atoms with E-state index in [1.54, 1.807) is 0 Å². The molecule has 1 aromatic carbocycles. The molecule has 5 nitrogen and oxygen atoms in total. The minimum atomic E-state index is -4.39. The molecule has 0 aliphatic heterocycles. The quantitative estimate of drug-likeness (QED) is 0.520. The van der Waals surface area contributed by atoms with Crippen LogP contribution in [0.1, 0.15) is 49.3 Å². The summed E-state index contributed by atoms with van der Waals surface area (Å²) in [5.41, 5.74) is -0.532. The van der Waals surface area contributed by atoms with E-state index in [1.165, 1.54) is 19.2 Å². The van der Waals surface area contributed by atoms with Crippen LogP contribution in [0.4, 0.5) is 13.2 Å². The van der Waals surface area contributed by atoms with E-state index in [4.69, 9.17) is 9.29 Å². The van der Waals surface area contributed by atoms with Crippen LogP contribution in [0.15, 0.2) is 24.3 Å². The van der Waals surface area contributed by atoms with Crippen molar-refractivity contribution in [3.05, 3.63) is 35.4 Å². The number of nitrogens with one attached hydrogen (secondary N) is 1. The fourth-order valence-corrected chi connectivity index (χ4v) is 4.17. The molecule has 26 heavy (non-hydrogen) atoms. The van der Waals surface area contributed by atoms with Crippen molar-refractivity contribution in [3.8, 4) is 0 Å². The van der Waals surface area contributed by atoms with Crippen molar-refractivity contribution in [2.45, 2.75) is 49.9 Å². The smallest absolute Gasteiger partial charge is 0.375 e. The highest BCUT2D eigenvalue weighted by Gasteiger charge is 2.42. The fraction of sp³-hybridized carbons (Fsp3) is 0.647. The van der Waals surface area contributed by atoms with Gasteiger partial charge in [0.2, 0.25) is 0 Å². The molecular formula is C17H24F3NO4S. The molecular weight excluding hydrogens is 371 g/mol. The number of methoxy groups -OCH3 is 1. The molecule has 0 saturated heterocycles. The predicted molar refractivity (Wildman–Crippen MR) is 91.4 cm³/mol. The lowest BCUT2D eigenvalue weighted by atomic mass is 9.85. The van der Waals surface area contributed by atoms with Gasteiger partial charge in [-0.2, -0.15) is 21.6 Å². The van der Waals surface area contributed by atoms with Gasteiger partial charge in [0.25, 0.3) is 10.1 Å². The lowest BCUT2D eigenvalue weighted by Gasteiger charge is -2.38. The number of rotatable bonds is 8. The normalized spacial score (nSPS) is 18.8. The van der Waals surface area contributed by atoms with Crippen molar-refractivity contribution in [1.29, 1.82) is 0 Å². The average Bonchev–Trinajstić information content (AvgIpc) is 3.01. The summed E-state index contributed by atoms with van der Waals surface area (Å²) >= 11 is 0. The van der Waals surface area contributed by atoms with Crippen molar-refractivity contribution >= 4 is 10.1 Å². The van der Waals surface area contributed by atoms with Gasteiger partial charge >= 0.3 is 6.18 Å². The lowest BCUT2D eigenvalue weighted by Crippen LogP contribution is -2.49. The molecule has 9 heteroatoms. The molecule has 0 bridgehead atoms. The summed E-state index contributed by atoms with van der Waals surface area (Å²) in [6.45, 7) is 0.361. The van der Waals surface area contributed by atoms with Crippen LogP contribution in [0, 0.1) is 0 Å². The number of ether oxygens (including phenoxy) is 1. The van der Waals surface area contributed by atoms with E-state index in [9.17, 15) is 21.6 Å². The van der Waals surface area contributed by atoms with Crippen LogP contribution in [0.25, 0.3) is 0 Å². The molecule has 1 aromatic rings. The number of hydrogen-bond acceptors (Lipinski definition) is 4. The van der Waals surface area contributed by atoms with Gasteiger partial charge in [0.1, 0.15) is 6.10 Å². The predicted octanol–water partition coefficient (Wildman–Crippen LogP) is 3.57. The molecule has 0 spiro atoms. The Morgan fingerprint density at radius 1 is 1.23 bits per heavy atom. The molecule has 1 atom stereocenters. The molecule has 0 heterocycles. The summed E-state index contributed by atoms with van der Waals surface area (Å²) < 4.78 is 74.5. The molecule has 148 valence electrons. The standard InChI is InChI=1S/C17H24F3NO4S/c1-25-15(13-5-7-14(8-6-13)17(18,19)20)16(9-2-3-10-16)21-11-4-12-26(22,23)24/h5-8,15,21H,2-4,9-12H2,1H3,(H,22,23,24). The van der Waals surface area contributed by atoms with Gasteiger partial charge in [-0.25, -0.2) is 0 Å². The Morgan fingerprint density at radius 2 is 1.81 bits per heavy atom. The van der Waals surface area contributed by atoms with Gasteiger partial charge in [0.05, 0.1) is 11.3 Å². The van der Waals surface area contributed by atoms with E-state index in [1.807, 2.05) is 0 Å². The van der Waals surface area contributed by atoms with Crippen molar-refractivity contribution in [3.63, 3.8) is 0 Å². The molecule has 2 rings (SSSR count). The van der Waals surface area contributed by atoms with Gasteiger partial charge in [-0.15, -0.1) is 0 Å². The van der Waals surface area contributed by atoms with E-state index in [0.717, 1.165) is 37.8 Å². The minimum absolute atomic E-state index is 0.240. The summed E-state index contributed by atoms with van der Waals surface area (Å²) in [6, 6.07) is 4.94. The summed E-state index contributed by atoms with van der Waals surface area (Å²) in [7, 11) is -2.50. The van der Waals surface area contributed by atoms with Crippen molar-refractivity contribution in [2.24, 2.45) is 0 Å². The number of hydrogen-bond donors (Lipinski definition) is 2. The Morgan fingerprint density at radius 3 is 2.27 bits per heavy atom. The third kappa shape index (κ3) is 5.42. The van der Waals surface area contributed by atoms with E-state index >= 15 is 0 Å². The second kappa shape index (κ2) is 8.24. The summed E-state index contributed by atoms with van der Waals surface area (Å²) in [6.07, 6.45) is -1.14. The summed E-state index contributed by atoms with van der Waals surface area (Å²) in [4.78, 5) is 0. The molecule has 1 aliphatic carbocycles. The van der Waals surface area contributed by atoms with Gasteiger partial charge in [-0.05, 0) is 43.5 Å². The maximum absolute atomic E-state index is 12.8. The first-order valence-corrected chi connectivity index (χ1v) is 10.1. The zero-order valence-electron chi connectivity index (χ0n) is 14.6. The Bertz CT molecular complexity index is 683. The topological polar surface area (TPSA) is 75.6 Å². The van der Waals surface area contributed by atoms with Gasteiger partial charge in [-0.1, -0.05) is 25.0 Å². The molecule has 0 amide bonds. The third-order valence-electron chi connectivity index (χ3n) is 4.83. The van der Waals surface area contributed by atoms with Gasteiger partial charge in [0.15, 0.2) is 0 Å². The van der Waals surface area contributed by atoms with Crippen LogP contribution in [-0.2, 0) is 21.0 Å². The minimum Gasteiger partial charge on any atom is -0.375 e. The third-order valence-corrected chi connectivity index (χ3v) is 5.63. The average molecular weight is 395 g/mol. The van der Waals surface area contributed by atoms with E-state index in [2.05, 4.69) is 5.32 Å². The second-order valence-corrected chi connectivity index (χ2v) is 8.24. The SMILES string of the molecule is COC(c1ccc(C(F)(F)F)cc1)C1(NCCCS(=O)(=O)O)CCCC1. The van der Waals surface area contributed by atoms with Crippen molar-refractivity contribution in [1.82, 2.24) is 5.32 Å². The summed E-state index contributed by atoms with van der Waals surface area (Å²) in [5.74, 6) is -0.339. The van der Waals surface area contributed by atoms with E-state index in [0.29, 0.717) is 12.1 Å². The maximum atomic E-state index is 12.8. The van der Waals surface area contributed by atoms with Crippen LogP contribution >= 0.6 is 0 Å². The van der Waals surface area contributed by atoms with Gasteiger partial charge in [-0.3, -0.25) is 4.55 Å². The van der Waals surface area contributed by atoms with Crippen LogP contribution in [-0.4, -0.2) is 37.9 Å². The van der Waals surface area contributed by atoms with Crippen LogP contribution < -0.4 is 5.32 Å². The number of halogens is 3. The Kier molecular flexibility index (Phi) is 6.70.